The van der Waals surface area contributed by atoms with E-state index in [4.69, 9.17) is 6.42 Å². The molecule has 10 heavy (non-hydrogen) atoms. The van der Waals surface area contributed by atoms with Crippen molar-refractivity contribution in [1.29, 1.82) is 0 Å². The van der Waals surface area contributed by atoms with Crippen molar-refractivity contribution in [3.63, 3.8) is 0 Å². The highest BCUT2D eigenvalue weighted by Gasteiger charge is 2.29. The van der Waals surface area contributed by atoms with Crippen molar-refractivity contribution in [2.75, 3.05) is 6.54 Å². The Morgan fingerprint density at radius 2 is 2.30 bits per heavy atom. The standard InChI is InChI=1S/C9H15N/c1-4-9(2,3)8-6-5-7-10-8/h1,8,10H,5-7H2,2-3H3/t8-/m0/s1. The molecule has 1 atom stereocenters. The molecule has 0 bridgehead atoms. The third-order valence-corrected chi connectivity index (χ3v) is 2.30. The van der Waals surface area contributed by atoms with Crippen LogP contribution in [-0.4, -0.2) is 12.6 Å². The van der Waals surface area contributed by atoms with Crippen molar-refractivity contribution in [2.45, 2.75) is 32.7 Å². The third-order valence-electron chi connectivity index (χ3n) is 2.30. The quantitative estimate of drug-likeness (QED) is 0.539. The molecule has 1 aliphatic rings. The van der Waals surface area contributed by atoms with Gasteiger partial charge >= 0.3 is 0 Å². The van der Waals surface area contributed by atoms with Gasteiger partial charge in [-0.05, 0) is 33.2 Å². The van der Waals surface area contributed by atoms with E-state index in [9.17, 15) is 0 Å². The van der Waals surface area contributed by atoms with Gasteiger partial charge in [0.15, 0.2) is 0 Å². The number of terminal acetylenes is 1. The molecule has 0 spiro atoms. The van der Waals surface area contributed by atoms with Crippen molar-refractivity contribution in [1.82, 2.24) is 5.32 Å². The molecule has 0 radical (unpaired) electrons. The molecule has 1 heterocycles. The summed E-state index contributed by atoms with van der Waals surface area (Å²) < 4.78 is 0. The Balaban J connectivity index is 2.56. The van der Waals surface area contributed by atoms with Crippen LogP contribution in [0.15, 0.2) is 0 Å². The molecular formula is C9H15N. The molecule has 1 fully saturated rings. The van der Waals surface area contributed by atoms with Gasteiger partial charge in [0, 0.05) is 11.5 Å². The maximum Gasteiger partial charge on any atom is 0.0408 e. The molecule has 1 rings (SSSR count). The number of nitrogens with one attached hydrogen (secondary N) is 1. The zero-order valence-electron chi connectivity index (χ0n) is 6.78. The van der Waals surface area contributed by atoms with Crippen LogP contribution in [0.25, 0.3) is 0 Å². The van der Waals surface area contributed by atoms with Crippen LogP contribution in [0.5, 0.6) is 0 Å². The summed E-state index contributed by atoms with van der Waals surface area (Å²) in [5.41, 5.74) is 0.0382. The fraction of sp³-hybridized carbons (Fsp3) is 0.778. The van der Waals surface area contributed by atoms with E-state index in [0.29, 0.717) is 6.04 Å². The molecule has 0 aromatic rings. The second kappa shape index (κ2) is 2.64. The normalized spacial score (nSPS) is 26.3. The van der Waals surface area contributed by atoms with E-state index in [1.54, 1.807) is 0 Å². The molecule has 0 aromatic heterocycles. The molecule has 0 aliphatic carbocycles. The highest BCUT2D eigenvalue weighted by Crippen LogP contribution is 2.25. The van der Waals surface area contributed by atoms with Crippen LogP contribution in [-0.2, 0) is 0 Å². The largest absolute Gasteiger partial charge is 0.312 e. The SMILES string of the molecule is C#CC(C)(C)[C@@H]1CCCN1. The molecule has 0 saturated carbocycles. The topological polar surface area (TPSA) is 12.0 Å². The van der Waals surface area contributed by atoms with Gasteiger partial charge in [-0.1, -0.05) is 5.92 Å². The van der Waals surface area contributed by atoms with Gasteiger partial charge in [-0.3, -0.25) is 0 Å². The maximum absolute atomic E-state index is 5.40. The first-order chi connectivity index (χ1) is 4.67. The lowest BCUT2D eigenvalue weighted by molar-refractivity contribution is 0.357. The lowest BCUT2D eigenvalue weighted by Gasteiger charge is -2.25. The summed E-state index contributed by atoms with van der Waals surface area (Å²) in [5.74, 6) is 2.82. The van der Waals surface area contributed by atoms with Crippen LogP contribution < -0.4 is 5.32 Å². The van der Waals surface area contributed by atoms with Gasteiger partial charge in [-0.25, -0.2) is 0 Å². The van der Waals surface area contributed by atoms with Gasteiger partial charge in [0.1, 0.15) is 0 Å². The minimum absolute atomic E-state index is 0.0382. The van der Waals surface area contributed by atoms with E-state index in [0.717, 1.165) is 6.54 Å². The fourth-order valence-electron chi connectivity index (χ4n) is 1.40. The van der Waals surface area contributed by atoms with Gasteiger partial charge in [0.25, 0.3) is 0 Å². The van der Waals surface area contributed by atoms with Gasteiger partial charge < -0.3 is 5.32 Å². The third kappa shape index (κ3) is 1.33. The van der Waals surface area contributed by atoms with Gasteiger partial charge in [-0.2, -0.15) is 0 Å². The first-order valence-corrected chi connectivity index (χ1v) is 3.88. The molecule has 0 aromatic carbocycles. The second-order valence-electron chi connectivity index (χ2n) is 3.51. The summed E-state index contributed by atoms with van der Waals surface area (Å²) in [5, 5.41) is 3.41. The van der Waals surface area contributed by atoms with E-state index in [1.807, 2.05) is 0 Å². The predicted octanol–water partition coefficient (Wildman–Crippen LogP) is 1.40. The highest BCUT2D eigenvalue weighted by atomic mass is 14.9. The van der Waals surface area contributed by atoms with Crippen molar-refractivity contribution in [3.8, 4) is 12.3 Å². The molecule has 1 saturated heterocycles. The molecule has 0 unspecified atom stereocenters. The zero-order chi connectivity index (χ0) is 7.61. The Morgan fingerprint density at radius 3 is 2.70 bits per heavy atom. The summed E-state index contributed by atoms with van der Waals surface area (Å²) in [6.45, 7) is 5.38. The van der Waals surface area contributed by atoms with Crippen molar-refractivity contribution >= 4 is 0 Å². The lowest BCUT2D eigenvalue weighted by Crippen LogP contribution is -2.35. The van der Waals surface area contributed by atoms with Crippen LogP contribution in [0.4, 0.5) is 0 Å². The molecule has 1 heteroatoms. The van der Waals surface area contributed by atoms with Crippen LogP contribution in [0.1, 0.15) is 26.7 Å². The average molecular weight is 137 g/mol. The predicted molar refractivity (Wildman–Crippen MR) is 43.6 cm³/mol. The number of rotatable bonds is 1. The highest BCUT2D eigenvalue weighted by molar-refractivity contribution is 5.07. The van der Waals surface area contributed by atoms with Gasteiger partial charge in [0.05, 0.1) is 0 Å². The molecule has 0 amide bonds. The molecule has 1 N–H and O–H groups in total. The summed E-state index contributed by atoms with van der Waals surface area (Å²) >= 11 is 0. The van der Waals surface area contributed by atoms with Gasteiger partial charge in [0.2, 0.25) is 0 Å². The van der Waals surface area contributed by atoms with Crippen molar-refractivity contribution in [2.24, 2.45) is 5.41 Å². The van der Waals surface area contributed by atoms with E-state index >= 15 is 0 Å². The molecule has 1 aliphatic heterocycles. The summed E-state index contributed by atoms with van der Waals surface area (Å²) in [4.78, 5) is 0. The van der Waals surface area contributed by atoms with E-state index in [1.165, 1.54) is 12.8 Å². The summed E-state index contributed by atoms with van der Waals surface area (Å²) in [7, 11) is 0. The number of hydrogen-bond donors (Lipinski definition) is 1. The Morgan fingerprint density at radius 1 is 1.60 bits per heavy atom. The Labute approximate surface area is 63.2 Å². The molecule has 1 nitrogen and oxygen atoms in total. The Kier molecular flexibility index (Phi) is 2.01. The minimum atomic E-state index is 0.0382. The lowest BCUT2D eigenvalue weighted by atomic mass is 9.85. The van der Waals surface area contributed by atoms with Crippen molar-refractivity contribution in [3.05, 3.63) is 0 Å². The minimum Gasteiger partial charge on any atom is -0.312 e. The van der Waals surface area contributed by atoms with Crippen molar-refractivity contribution < 1.29 is 0 Å². The number of hydrogen-bond acceptors (Lipinski definition) is 1. The van der Waals surface area contributed by atoms with Gasteiger partial charge in [-0.15, -0.1) is 6.42 Å². The zero-order valence-corrected chi connectivity index (χ0v) is 6.78. The molecular weight excluding hydrogens is 122 g/mol. The van der Waals surface area contributed by atoms with E-state index < -0.39 is 0 Å². The van der Waals surface area contributed by atoms with Crippen LogP contribution in [0.2, 0.25) is 0 Å². The van der Waals surface area contributed by atoms with E-state index in [-0.39, 0.29) is 5.41 Å². The Hall–Kier alpha value is -0.480. The second-order valence-corrected chi connectivity index (χ2v) is 3.51. The maximum atomic E-state index is 5.40. The first-order valence-electron chi connectivity index (χ1n) is 3.88. The monoisotopic (exact) mass is 137 g/mol. The van der Waals surface area contributed by atoms with Crippen LogP contribution >= 0.6 is 0 Å². The summed E-state index contributed by atoms with van der Waals surface area (Å²) in [6, 6.07) is 0.539. The fourth-order valence-corrected chi connectivity index (χ4v) is 1.40. The van der Waals surface area contributed by atoms with E-state index in [2.05, 4.69) is 25.1 Å². The molecule has 56 valence electrons. The van der Waals surface area contributed by atoms with Crippen LogP contribution in [0, 0.1) is 17.8 Å². The Bertz CT molecular complexity index is 147. The average Bonchev–Trinajstić information content (AvgIpc) is 2.38. The van der Waals surface area contributed by atoms with Crippen LogP contribution in [0.3, 0.4) is 0 Å². The summed E-state index contributed by atoms with van der Waals surface area (Å²) in [6.07, 6.45) is 7.90. The first kappa shape index (κ1) is 7.63. The smallest absolute Gasteiger partial charge is 0.0408 e.